The predicted molar refractivity (Wildman–Crippen MR) is 50.8 cm³/mol. The second kappa shape index (κ2) is 3.45. The molecule has 3 nitrogen and oxygen atoms in total. The van der Waals surface area contributed by atoms with Crippen LogP contribution in [0.5, 0.6) is 0 Å². The van der Waals surface area contributed by atoms with Crippen molar-refractivity contribution in [2.45, 2.75) is 13.3 Å². The number of aryl methyl sites for hydroxylation is 1. The molecule has 0 aliphatic rings. The van der Waals surface area contributed by atoms with E-state index >= 15 is 0 Å². The molecular formula is C9H14N2O. The molecule has 0 aromatic heterocycles. The molecule has 0 bridgehead atoms. The first kappa shape index (κ1) is 8.87. The Morgan fingerprint density at radius 1 is 1.25 bits per heavy atom. The van der Waals surface area contributed by atoms with Gasteiger partial charge in [-0.05, 0) is 36.6 Å². The monoisotopic (exact) mass is 166 g/mol. The fourth-order valence-electron chi connectivity index (χ4n) is 1.13. The van der Waals surface area contributed by atoms with Crippen LogP contribution >= 0.6 is 0 Å². The van der Waals surface area contributed by atoms with Gasteiger partial charge in [0.2, 0.25) is 0 Å². The van der Waals surface area contributed by atoms with E-state index in [2.05, 4.69) is 0 Å². The van der Waals surface area contributed by atoms with E-state index in [0.29, 0.717) is 12.1 Å². The molecule has 0 aliphatic heterocycles. The smallest absolute Gasteiger partial charge is 0.0472 e. The Morgan fingerprint density at radius 3 is 2.50 bits per heavy atom. The average Bonchev–Trinajstić information content (AvgIpc) is 2.01. The fourth-order valence-corrected chi connectivity index (χ4v) is 1.13. The molecule has 0 radical (unpaired) electrons. The Bertz CT molecular complexity index is 284. The van der Waals surface area contributed by atoms with Gasteiger partial charge in [0.1, 0.15) is 0 Å². The number of aliphatic hydroxyl groups excluding tert-OH is 1. The van der Waals surface area contributed by atoms with Crippen LogP contribution in [0.2, 0.25) is 0 Å². The zero-order valence-electron chi connectivity index (χ0n) is 7.17. The number of hydrogen-bond acceptors (Lipinski definition) is 3. The Morgan fingerprint density at radius 2 is 1.92 bits per heavy atom. The number of anilines is 2. The Labute approximate surface area is 72.0 Å². The third-order valence-electron chi connectivity index (χ3n) is 1.91. The van der Waals surface area contributed by atoms with Crippen molar-refractivity contribution in [3.05, 3.63) is 23.3 Å². The summed E-state index contributed by atoms with van der Waals surface area (Å²) in [6.45, 7) is 2.01. The van der Waals surface area contributed by atoms with Crippen molar-refractivity contribution in [2.24, 2.45) is 0 Å². The lowest BCUT2D eigenvalue weighted by Gasteiger charge is -2.07. The van der Waals surface area contributed by atoms with Crippen LogP contribution in [0, 0.1) is 6.92 Å². The normalized spacial score (nSPS) is 10.2. The van der Waals surface area contributed by atoms with E-state index < -0.39 is 0 Å². The van der Waals surface area contributed by atoms with Crippen molar-refractivity contribution >= 4 is 11.4 Å². The van der Waals surface area contributed by atoms with Gasteiger partial charge in [0, 0.05) is 18.0 Å². The van der Waals surface area contributed by atoms with Crippen molar-refractivity contribution < 1.29 is 5.11 Å². The van der Waals surface area contributed by atoms with Gasteiger partial charge in [0.25, 0.3) is 0 Å². The Balaban J connectivity index is 3.05. The van der Waals surface area contributed by atoms with Crippen LogP contribution in [0.25, 0.3) is 0 Å². The molecule has 0 atom stereocenters. The molecule has 1 aromatic carbocycles. The van der Waals surface area contributed by atoms with Crippen LogP contribution in [-0.2, 0) is 6.42 Å². The maximum atomic E-state index is 8.71. The molecule has 3 heteroatoms. The van der Waals surface area contributed by atoms with E-state index in [-0.39, 0.29) is 6.61 Å². The van der Waals surface area contributed by atoms with Crippen LogP contribution in [0.4, 0.5) is 11.4 Å². The van der Waals surface area contributed by atoms with Crippen LogP contribution in [0.15, 0.2) is 12.1 Å². The second-order valence-electron chi connectivity index (χ2n) is 2.88. The van der Waals surface area contributed by atoms with E-state index in [1.54, 1.807) is 0 Å². The van der Waals surface area contributed by atoms with Gasteiger partial charge in [0.15, 0.2) is 0 Å². The number of rotatable bonds is 2. The van der Waals surface area contributed by atoms with Crippen LogP contribution in [0.3, 0.4) is 0 Å². The molecule has 5 N–H and O–H groups in total. The zero-order chi connectivity index (χ0) is 9.14. The lowest BCUT2D eigenvalue weighted by atomic mass is 10.1. The molecule has 0 amide bonds. The highest BCUT2D eigenvalue weighted by atomic mass is 16.2. The third-order valence-corrected chi connectivity index (χ3v) is 1.91. The average molecular weight is 166 g/mol. The van der Waals surface area contributed by atoms with E-state index in [4.69, 9.17) is 16.6 Å². The van der Waals surface area contributed by atoms with Gasteiger partial charge >= 0.3 is 0 Å². The van der Waals surface area contributed by atoms with Gasteiger partial charge in [-0.1, -0.05) is 0 Å². The van der Waals surface area contributed by atoms with E-state index in [1.807, 2.05) is 19.1 Å². The first-order valence-corrected chi connectivity index (χ1v) is 3.90. The molecular weight excluding hydrogens is 152 g/mol. The molecule has 0 saturated carbocycles. The molecule has 0 unspecified atom stereocenters. The molecule has 66 valence electrons. The third kappa shape index (κ3) is 1.68. The van der Waals surface area contributed by atoms with Gasteiger partial charge in [0.05, 0.1) is 0 Å². The minimum absolute atomic E-state index is 0.104. The number of benzene rings is 1. The van der Waals surface area contributed by atoms with Crippen LogP contribution < -0.4 is 11.5 Å². The summed E-state index contributed by atoms with van der Waals surface area (Å²) in [7, 11) is 0. The zero-order valence-corrected chi connectivity index (χ0v) is 7.17. The molecule has 12 heavy (non-hydrogen) atoms. The quantitative estimate of drug-likeness (QED) is 0.566. The standard InChI is InChI=1S/C9H14N2O/c1-6-4-9(11)7(2-3-12)5-8(6)10/h4-5,12H,2-3,10-11H2,1H3. The second-order valence-corrected chi connectivity index (χ2v) is 2.88. The number of aliphatic hydroxyl groups is 1. The summed E-state index contributed by atoms with van der Waals surface area (Å²) in [4.78, 5) is 0. The lowest BCUT2D eigenvalue weighted by molar-refractivity contribution is 0.300. The topological polar surface area (TPSA) is 72.3 Å². The molecule has 0 aliphatic carbocycles. The van der Waals surface area contributed by atoms with Crippen molar-refractivity contribution in [3.8, 4) is 0 Å². The highest BCUT2D eigenvalue weighted by molar-refractivity contribution is 5.60. The summed E-state index contributed by atoms with van der Waals surface area (Å²) < 4.78 is 0. The van der Waals surface area contributed by atoms with Gasteiger partial charge in [-0.2, -0.15) is 0 Å². The number of hydrogen-bond donors (Lipinski definition) is 3. The lowest BCUT2D eigenvalue weighted by Crippen LogP contribution is -2.01. The van der Waals surface area contributed by atoms with Crippen LogP contribution in [0.1, 0.15) is 11.1 Å². The predicted octanol–water partition coefficient (Wildman–Crippen LogP) is 0.694. The summed E-state index contributed by atoms with van der Waals surface area (Å²) in [6.07, 6.45) is 0.566. The molecule has 0 heterocycles. The van der Waals surface area contributed by atoms with Crippen molar-refractivity contribution in [1.29, 1.82) is 0 Å². The molecule has 0 saturated heterocycles. The van der Waals surface area contributed by atoms with Crippen molar-refractivity contribution in [2.75, 3.05) is 18.1 Å². The van der Waals surface area contributed by atoms with Gasteiger partial charge in [-0.25, -0.2) is 0 Å². The number of nitrogen functional groups attached to an aromatic ring is 2. The van der Waals surface area contributed by atoms with Crippen molar-refractivity contribution in [3.63, 3.8) is 0 Å². The highest BCUT2D eigenvalue weighted by Crippen LogP contribution is 2.20. The SMILES string of the molecule is Cc1cc(N)c(CCO)cc1N. The minimum atomic E-state index is 0.104. The molecule has 0 fully saturated rings. The fraction of sp³-hybridized carbons (Fsp3) is 0.333. The maximum absolute atomic E-state index is 8.71. The summed E-state index contributed by atoms with van der Waals surface area (Å²) in [5.74, 6) is 0. The van der Waals surface area contributed by atoms with Crippen LogP contribution in [-0.4, -0.2) is 11.7 Å². The first-order valence-electron chi connectivity index (χ1n) is 3.90. The molecule has 1 rings (SSSR count). The van der Waals surface area contributed by atoms with Gasteiger partial charge in [-0.15, -0.1) is 0 Å². The Kier molecular flexibility index (Phi) is 2.55. The van der Waals surface area contributed by atoms with E-state index in [1.165, 1.54) is 0 Å². The summed E-state index contributed by atoms with van der Waals surface area (Å²) in [5.41, 5.74) is 14.7. The summed E-state index contributed by atoms with van der Waals surface area (Å²) >= 11 is 0. The molecule has 0 spiro atoms. The number of nitrogens with two attached hydrogens (primary N) is 2. The Hall–Kier alpha value is -1.22. The first-order chi connectivity index (χ1) is 5.65. The maximum Gasteiger partial charge on any atom is 0.0472 e. The highest BCUT2D eigenvalue weighted by Gasteiger charge is 2.01. The summed E-state index contributed by atoms with van der Waals surface area (Å²) in [5, 5.41) is 8.71. The van der Waals surface area contributed by atoms with Gasteiger partial charge in [-0.3, -0.25) is 0 Å². The largest absolute Gasteiger partial charge is 0.399 e. The van der Waals surface area contributed by atoms with E-state index in [9.17, 15) is 0 Å². The molecule has 1 aromatic rings. The van der Waals surface area contributed by atoms with Gasteiger partial charge < -0.3 is 16.6 Å². The summed E-state index contributed by atoms with van der Waals surface area (Å²) in [6, 6.07) is 3.65. The minimum Gasteiger partial charge on any atom is -0.399 e. The van der Waals surface area contributed by atoms with E-state index in [0.717, 1.165) is 16.8 Å². The van der Waals surface area contributed by atoms with Crippen molar-refractivity contribution in [1.82, 2.24) is 0 Å².